The number of morpholine rings is 1. The van der Waals surface area contributed by atoms with Crippen LogP contribution in [-0.4, -0.2) is 149 Å². The van der Waals surface area contributed by atoms with E-state index in [4.69, 9.17) is 94.7 Å². The zero-order valence-corrected chi connectivity index (χ0v) is 80.5. The predicted octanol–water partition coefficient (Wildman–Crippen LogP) is 19.7. The predicted molar refractivity (Wildman–Crippen MR) is 507 cm³/mol. The van der Waals surface area contributed by atoms with Gasteiger partial charge in [0.25, 0.3) is 0 Å². The third-order valence-electron chi connectivity index (χ3n) is 31.6. The van der Waals surface area contributed by atoms with Crippen molar-refractivity contribution in [3.63, 3.8) is 0 Å². The minimum atomic E-state index is -1.43. The molecule has 32 heteroatoms. The van der Waals surface area contributed by atoms with Crippen molar-refractivity contribution in [1.29, 1.82) is 0 Å². The first-order valence-electron chi connectivity index (χ1n) is 45.7. The number of hydrogen-bond acceptors (Lipinski definition) is 18. The molecule has 9 aliphatic heterocycles. The Bertz CT molecular complexity index is 5790. The number of aliphatic carboxylic acids is 1. The summed E-state index contributed by atoms with van der Waals surface area (Å²) in [5.41, 5.74) is 4.52. The van der Waals surface area contributed by atoms with Gasteiger partial charge in [0.2, 0.25) is 17.7 Å². The minimum absolute atomic E-state index is 0. The highest BCUT2D eigenvalue weighted by Gasteiger charge is 2.80. The second-order valence-electron chi connectivity index (χ2n) is 40.7. The van der Waals surface area contributed by atoms with Crippen molar-refractivity contribution >= 4 is 135 Å². The maximum atomic E-state index is 16.5. The van der Waals surface area contributed by atoms with Gasteiger partial charge in [0.05, 0.1) is 64.8 Å². The van der Waals surface area contributed by atoms with Crippen LogP contribution >= 0.6 is 82.0 Å². The number of cyclic esters (lactones) is 1. The van der Waals surface area contributed by atoms with Gasteiger partial charge >= 0.3 is 11.9 Å². The van der Waals surface area contributed by atoms with Gasteiger partial charge in [0.15, 0.2) is 5.78 Å². The summed E-state index contributed by atoms with van der Waals surface area (Å²) in [4.78, 5) is 101. The van der Waals surface area contributed by atoms with Crippen LogP contribution in [0.1, 0.15) is 239 Å². The monoisotopic (exact) mass is 1960 g/mol. The summed E-state index contributed by atoms with van der Waals surface area (Å²) in [6.45, 7) is 17.6. The number of aliphatic hydroxyl groups excluding tert-OH is 2. The first kappa shape index (κ1) is 98.1. The Morgan fingerprint density at radius 1 is 0.489 bits per heavy atom. The first-order valence-corrected chi connectivity index (χ1v) is 48.0. The summed E-state index contributed by atoms with van der Waals surface area (Å²) in [5.74, 6) is -7.62. The molecule has 708 valence electrons. The van der Waals surface area contributed by atoms with Crippen molar-refractivity contribution in [3.8, 4) is 0 Å². The Morgan fingerprint density at radius 2 is 0.872 bits per heavy atom. The molecule has 10 N–H and O–H groups in total. The third kappa shape index (κ3) is 16.8. The molecule has 12 heterocycles. The Balaban J connectivity index is 0.000000139. The van der Waals surface area contributed by atoms with Gasteiger partial charge < -0.3 is 51.2 Å². The van der Waals surface area contributed by atoms with Crippen LogP contribution in [0.5, 0.6) is 0 Å². The zero-order chi connectivity index (χ0) is 94.1. The van der Waals surface area contributed by atoms with Gasteiger partial charge in [-0.2, -0.15) is 0 Å². The van der Waals surface area contributed by atoms with Crippen LogP contribution in [0.3, 0.4) is 0 Å². The lowest BCUT2D eigenvalue weighted by molar-refractivity contribution is -0.184. The number of hydrogen-bond donors (Lipinski definition) is 9. The number of ketones is 1. The Morgan fingerprint density at radius 3 is 1.28 bits per heavy atom. The molecule has 5 aromatic carbocycles. The number of pyridine rings is 3. The van der Waals surface area contributed by atoms with E-state index in [1.165, 1.54) is 30.5 Å². The average Bonchev–Trinajstić information content (AvgIpc) is 1.48. The number of fused-ring (bicyclic) bond motifs is 11. The van der Waals surface area contributed by atoms with E-state index in [-0.39, 0.29) is 136 Å². The number of nitrogens with zero attached hydrogens (tertiary/aromatic N) is 4. The fourth-order valence-electron chi connectivity index (χ4n) is 24.8. The lowest BCUT2D eigenvalue weighted by Crippen LogP contribution is -2.64. The van der Waals surface area contributed by atoms with E-state index < -0.39 is 116 Å². The van der Waals surface area contributed by atoms with E-state index in [2.05, 4.69) is 88.0 Å². The second-order valence-corrected chi connectivity index (χ2v) is 43.1. The SMILES string of the molecule is CC1(C)CCC2(CC1)N1[C@H](c3ccccc3)[C@H](c3ccccc3)OC(=O)[C@H]1[C@H](c1cccc(Cl)c1F)[C@@]21C(=O)Nc2cc(Cl)ncc21.CC1(C)CCC2(CC1)N[C@@H](C(=O)O)[C@H](c1cccc(Cl)c1F)C21C(=O)Nc2cc(Cl)ncc21.C[C@@H](O)[C@@H]1CC[C@@H](CC(=O)[C@@H]2NC3(CCC(C)(C)CC3)[C@]3(C(=O)Nc4cc(Cl)ncc43)[C@H]2c2cccc(Cl)c2F)CO1.C[C@@H](O)[C@@H]1CC[C@@H](N)CO1.Cl. The molecule has 6 saturated heterocycles. The number of carboxylic acid groups (broad SMARTS) is 1. The van der Waals surface area contributed by atoms with Gasteiger partial charge in [-0.25, -0.2) is 28.1 Å². The number of esters is 1. The number of carbonyl (C=O) groups is 6. The summed E-state index contributed by atoms with van der Waals surface area (Å²) in [6.07, 6.45) is 14.7. The van der Waals surface area contributed by atoms with Crippen LogP contribution in [0, 0.1) is 39.6 Å². The molecule has 8 aromatic rings. The number of benzene rings is 5. The van der Waals surface area contributed by atoms with Crippen molar-refractivity contribution in [2.45, 2.75) is 276 Å². The summed E-state index contributed by atoms with van der Waals surface area (Å²) >= 11 is 37.7. The Kier molecular flexibility index (Phi) is 27.6. The molecule has 0 bridgehead atoms. The highest BCUT2D eigenvalue weighted by atomic mass is 35.5. The number of nitrogens with one attached hydrogen (secondary N) is 5. The number of anilines is 3. The minimum Gasteiger partial charge on any atom is -0.480 e. The molecule has 9 fully saturated rings. The van der Waals surface area contributed by atoms with E-state index in [0.29, 0.717) is 91.9 Å². The highest BCUT2D eigenvalue weighted by Crippen LogP contribution is 2.73. The van der Waals surface area contributed by atoms with E-state index in [1.54, 1.807) is 74.8 Å². The van der Waals surface area contributed by atoms with Gasteiger partial charge in [0, 0.05) is 99.2 Å². The molecule has 3 aliphatic carbocycles. The fraction of sp³-hybridized carbons (Fsp3) is 0.495. The number of aliphatic hydroxyl groups is 2. The van der Waals surface area contributed by atoms with Gasteiger partial charge in [-0.05, 0) is 203 Å². The molecular weight excluding hydrogens is 1850 g/mol. The van der Waals surface area contributed by atoms with Crippen LogP contribution in [0.15, 0.2) is 152 Å². The molecule has 17 atom stereocenters. The van der Waals surface area contributed by atoms with Crippen molar-refractivity contribution in [3.05, 3.63) is 245 Å². The number of halogens is 10. The maximum absolute atomic E-state index is 16.5. The fourth-order valence-corrected chi connectivity index (χ4v) is 25.9. The summed E-state index contributed by atoms with van der Waals surface area (Å²) < 4.78 is 65.7. The third-order valence-corrected chi connectivity index (χ3v) is 33.0. The number of nitrogens with two attached hydrogens (primary N) is 1. The number of ether oxygens (including phenoxy) is 3. The molecule has 3 aromatic heterocycles. The normalized spacial score (nSPS) is 30.5. The maximum Gasteiger partial charge on any atom is 0.324 e. The van der Waals surface area contributed by atoms with Crippen LogP contribution < -0.4 is 32.3 Å². The van der Waals surface area contributed by atoms with E-state index in [1.807, 2.05) is 60.7 Å². The standard InChI is InChI=1S/C38H34Cl2FN3O3.C32H38Cl2FN3O4.C24H24Cl2FN3O3.C7H15NO2.ClH/c1-36(2)16-18-37(19-17-36)38(25-21-42-28(40)20-27(25)43-35(38)46)29(24-14-9-15-26(39)30(24)41)32-34(45)47-33(23-12-7-4-8-13-23)31(44(32)37)22-10-5-3-6-11-22;1-17(39)24-8-7-18(16-42-24)13-23(40)28-26(19-5-4-6-21(33)27(19)35)32(31(38-28)11-9-30(2,3)10-12-31)20-15-36-25(34)14-22(20)37-29(32)41;1-22(2)6-8-23(9-7-22)24(13-11-28-16(26)10-15(13)29-21(24)33)17(19(30-23)20(31)32)12-4-3-5-14(25)18(12)27;1-5(9)7-3-2-6(8)4-10-7;/h3-15,20-21,29,31-33H,16-19H2,1-2H3,(H,43,46);4-6,14-15,17-18,24,26,28,38-39H,7-13,16H2,1-3H3,(H,37,41);3-5,10-11,17,19,30H,6-9H2,1-2H3,(H,29,33)(H,31,32);5-7,9H,2-4,8H2,1H3;1H/t29-,31+,32+,33-,38-;17-,18+,24+,26+,28+,32+;17-,19+,24?;5-,6-,7+;/m0101./s1. The molecule has 22 nitrogen and oxygen atoms in total. The molecule has 3 saturated carbocycles. The van der Waals surface area contributed by atoms with Gasteiger partial charge in [-0.15, -0.1) is 12.4 Å². The van der Waals surface area contributed by atoms with E-state index in [0.717, 1.165) is 68.9 Å². The second kappa shape index (κ2) is 37.4. The smallest absolute Gasteiger partial charge is 0.324 e. The molecule has 20 rings (SSSR count). The number of rotatable bonds is 11. The largest absolute Gasteiger partial charge is 0.480 e. The van der Waals surface area contributed by atoms with Crippen LogP contribution in [0.4, 0.5) is 30.2 Å². The average molecular weight is 1960 g/mol. The molecule has 133 heavy (non-hydrogen) atoms. The lowest BCUT2D eigenvalue weighted by atomic mass is 9.53. The zero-order valence-electron chi connectivity index (χ0n) is 75.1. The van der Waals surface area contributed by atoms with Crippen molar-refractivity contribution < 1.29 is 71.5 Å². The quantitative estimate of drug-likeness (QED) is 0.0429. The van der Waals surface area contributed by atoms with Crippen molar-refractivity contribution in [2.75, 3.05) is 29.2 Å². The van der Waals surface area contributed by atoms with Crippen LogP contribution in [0.2, 0.25) is 30.5 Å². The first-order chi connectivity index (χ1) is 62.7. The van der Waals surface area contributed by atoms with E-state index in [9.17, 15) is 34.2 Å². The van der Waals surface area contributed by atoms with Crippen molar-refractivity contribution in [2.24, 2.45) is 27.9 Å². The van der Waals surface area contributed by atoms with Crippen LogP contribution in [-0.2, 0) is 59.2 Å². The highest BCUT2D eigenvalue weighted by molar-refractivity contribution is 6.32. The molecule has 6 spiro atoms. The summed E-state index contributed by atoms with van der Waals surface area (Å²) in [6, 6.07) is 35.3. The molecular formula is C101H112Cl7F3N10O12. The van der Waals surface area contributed by atoms with Crippen molar-refractivity contribution in [1.82, 2.24) is 30.5 Å². The molecule has 12 aliphatic rings. The van der Waals surface area contributed by atoms with Gasteiger partial charge in [0.1, 0.15) is 67.3 Å². The topological polar surface area (TPSA) is 319 Å². The lowest BCUT2D eigenvalue weighted by Gasteiger charge is -2.57. The molecule has 3 amide bonds. The number of amides is 3. The number of aromatic nitrogens is 3. The molecule has 1 unspecified atom stereocenters. The number of carboxylic acids is 1. The van der Waals surface area contributed by atoms with Gasteiger partial charge in [-0.3, -0.25) is 44.3 Å². The van der Waals surface area contributed by atoms with E-state index >= 15 is 18.0 Å². The Labute approximate surface area is 808 Å². The van der Waals surface area contributed by atoms with Crippen LogP contribution in [0.25, 0.3) is 0 Å². The number of Topliss-reactive ketones (excluding diaryl/α,β-unsaturated/α-hetero) is 1. The summed E-state index contributed by atoms with van der Waals surface area (Å²) in [5, 5.41) is 45.8. The summed E-state index contributed by atoms with van der Waals surface area (Å²) in [7, 11) is 0. The molecule has 0 radical (unpaired) electrons. The number of carbonyl (C=O) groups excluding carboxylic acids is 5. The Hall–Kier alpha value is -7.93. The van der Waals surface area contributed by atoms with Gasteiger partial charge in [-0.1, -0.05) is 208 Å².